The normalized spacial score (nSPS) is 10.4. The molecule has 0 amide bonds. The van der Waals surface area contributed by atoms with Crippen LogP contribution in [0.1, 0.15) is 5.56 Å². The highest BCUT2D eigenvalue weighted by molar-refractivity contribution is 5.51. The van der Waals surface area contributed by atoms with E-state index >= 15 is 0 Å². The van der Waals surface area contributed by atoms with Crippen molar-refractivity contribution in [3.8, 4) is 17.2 Å². The van der Waals surface area contributed by atoms with Crippen LogP contribution in [-0.4, -0.2) is 19.9 Å². The molecule has 0 radical (unpaired) electrons. The summed E-state index contributed by atoms with van der Waals surface area (Å²) in [5.41, 5.74) is 1.49. The van der Waals surface area contributed by atoms with Gasteiger partial charge in [-0.05, 0) is 30.7 Å². The Kier molecular flexibility index (Phi) is 3.53. The van der Waals surface area contributed by atoms with Crippen molar-refractivity contribution < 1.29 is 9.66 Å². The molecule has 3 rings (SSSR count). The lowest BCUT2D eigenvalue weighted by Crippen LogP contribution is -1.97. The third-order valence-electron chi connectivity index (χ3n) is 3.04. The second-order valence-electron chi connectivity index (χ2n) is 4.68. The molecule has 0 spiro atoms. The number of aromatic nitrogens is 3. The SMILES string of the molecule is Cc1ccc(Oc2cccc(-n3ccnn3)c2)c([N+](=O)[O-])c1. The first-order valence-electron chi connectivity index (χ1n) is 6.53. The fraction of sp³-hybridized carbons (Fsp3) is 0.0667. The molecule has 7 nitrogen and oxygen atoms in total. The van der Waals surface area contributed by atoms with Crippen LogP contribution in [0.15, 0.2) is 54.9 Å². The lowest BCUT2D eigenvalue weighted by Gasteiger charge is -2.08. The number of nitrogens with zero attached hydrogens (tertiary/aromatic N) is 4. The van der Waals surface area contributed by atoms with Gasteiger partial charge in [-0.25, -0.2) is 4.68 Å². The molecule has 0 aliphatic carbocycles. The summed E-state index contributed by atoms with van der Waals surface area (Å²) in [5.74, 6) is 0.686. The Morgan fingerprint density at radius 1 is 1.23 bits per heavy atom. The smallest absolute Gasteiger partial charge is 0.311 e. The minimum absolute atomic E-state index is 0.0637. The number of nitro groups is 1. The van der Waals surface area contributed by atoms with Crippen LogP contribution >= 0.6 is 0 Å². The van der Waals surface area contributed by atoms with Crippen LogP contribution < -0.4 is 4.74 Å². The fourth-order valence-corrected chi connectivity index (χ4v) is 2.02. The van der Waals surface area contributed by atoms with Gasteiger partial charge in [0.1, 0.15) is 5.75 Å². The number of hydrogen-bond acceptors (Lipinski definition) is 5. The van der Waals surface area contributed by atoms with E-state index in [4.69, 9.17) is 4.74 Å². The minimum atomic E-state index is -0.455. The molecule has 7 heteroatoms. The Morgan fingerprint density at radius 2 is 2.09 bits per heavy atom. The summed E-state index contributed by atoms with van der Waals surface area (Å²) in [5, 5.41) is 18.8. The summed E-state index contributed by atoms with van der Waals surface area (Å²) in [6.45, 7) is 1.79. The summed E-state index contributed by atoms with van der Waals surface area (Å²) in [6, 6.07) is 11.9. The van der Waals surface area contributed by atoms with Crippen LogP contribution in [0.5, 0.6) is 11.5 Å². The average Bonchev–Trinajstić information content (AvgIpc) is 3.03. The zero-order chi connectivity index (χ0) is 15.5. The van der Waals surface area contributed by atoms with Gasteiger partial charge in [-0.3, -0.25) is 10.1 Å². The van der Waals surface area contributed by atoms with Gasteiger partial charge in [-0.1, -0.05) is 17.3 Å². The monoisotopic (exact) mass is 296 g/mol. The number of aryl methyl sites for hydroxylation is 1. The maximum atomic E-state index is 11.1. The van der Waals surface area contributed by atoms with Crippen molar-refractivity contribution >= 4 is 5.69 Å². The quantitative estimate of drug-likeness (QED) is 0.545. The number of benzene rings is 2. The first-order chi connectivity index (χ1) is 10.6. The van der Waals surface area contributed by atoms with Crippen LogP contribution in [0.3, 0.4) is 0 Å². The van der Waals surface area contributed by atoms with Crippen LogP contribution in [0.2, 0.25) is 0 Å². The molecular formula is C15H12N4O3. The molecule has 22 heavy (non-hydrogen) atoms. The van der Waals surface area contributed by atoms with Crippen LogP contribution in [0, 0.1) is 17.0 Å². The molecule has 1 aromatic heterocycles. The first kappa shape index (κ1) is 13.7. The molecule has 0 saturated heterocycles. The number of hydrogen-bond donors (Lipinski definition) is 0. The molecule has 0 saturated carbocycles. The topological polar surface area (TPSA) is 83.1 Å². The van der Waals surface area contributed by atoms with E-state index in [9.17, 15) is 10.1 Å². The van der Waals surface area contributed by atoms with Crippen molar-refractivity contribution in [2.24, 2.45) is 0 Å². The van der Waals surface area contributed by atoms with Crippen molar-refractivity contribution in [2.75, 3.05) is 0 Å². The van der Waals surface area contributed by atoms with E-state index in [0.29, 0.717) is 5.75 Å². The second-order valence-corrected chi connectivity index (χ2v) is 4.68. The molecule has 0 bridgehead atoms. The Hall–Kier alpha value is -3.22. The molecule has 2 aromatic carbocycles. The van der Waals surface area contributed by atoms with Gasteiger partial charge in [0.25, 0.3) is 0 Å². The largest absolute Gasteiger partial charge is 0.450 e. The van der Waals surface area contributed by atoms with E-state index in [0.717, 1.165) is 11.3 Å². The lowest BCUT2D eigenvalue weighted by atomic mass is 10.2. The van der Waals surface area contributed by atoms with Crippen molar-refractivity contribution in [1.82, 2.24) is 15.0 Å². The summed E-state index contributed by atoms with van der Waals surface area (Å²) < 4.78 is 7.24. The number of ether oxygens (including phenoxy) is 1. The van der Waals surface area contributed by atoms with Gasteiger partial charge in [0.05, 0.1) is 23.0 Å². The maximum Gasteiger partial charge on any atom is 0.311 e. The predicted molar refractivity (Wildman–Crippen MR) is 79.3 cm³/mol. The third-order valence-corrected chi connectivity index (χ3v) is 3.04. The van der Waals surface area contributed by atoms with Gasteiger partial charge in [0, 0.05) is 12.1 Å². The molecule has 0 aliphatic rings. The van der Waals surface area contributed by atoms with Gasteiger partial charge in [0.15, 0.2) is 0 Å². The lowest BCUT2D eigenvalue weighted by molar-refractivity contribution is -0.385. The van der Waals surface area contributed by atoms with E-state index in [1.807, 2.05) is 6.07 Å². The summed E-state index contributed by atoms with van der Waals surface area (Å²) in [6.07, 6.45) is 3.27. The molecule has 0 fully saturated rings. The standard InChI is InChI=1S/C15H12N4O3/c1-11-5-6-15(14(9-11)19(20)21)22-13-4-2-3-12(10-13)18-8-7-16-17-18/h2-10H,1H3. The van der Waals surface area contributed by atoms with Crippen molar-refractivity contribution in [1.29, 1.82) is 0 Å². The predicted octanol–water partition coefficient (Wildman–Crippen LogP) is 3.28. The van der Waals surface area contributed by atoms with Crippen molar-refractivity contribution in [3.63, 3.8) is 0 Å². The zero-order valence-corrected chi connectivity index (χ0v) is 11.7. The van der Waals surface area contributed by atoms with Gasteiger partial charge in [0.2, 0.25) is 5.75 Å². The molecule has 1 heterocycles. The molecule has 3 aromatic rings. The molecule has 110 valence electrons. The zero-order valence-electron chi connectivity index (χ0n) is 11.7. The van der Waals surface area contributed by atoms with Gasteiger partial charge in [-0.2, -0.15) is 0 Å². The van der Waals surface area contributed by atoms with Crippen molar-refractivity contribution in [2.45, 2.75) is 6.92 Å². The fourth-order valence-electron chi connectivity index (χ4n) is 2.02. The van der Waals surface area contributed by atoms with Crippen LogP contribution in [-0.2, 0) is 0 Å². The Labute approximate surface area is 125 Å². The van der Waals surface area contributed by atoms with Gasteiger partial charge < -0.3 is 4.74 Å². The Bertz CT molecular complexity index is 815. The van der Waals surface area contributed by atoms with E-state index in [-0.39, 0.29) is 11.4 Å². The molecule has 0 atom stereocenters. The molecular weight excluding hydrogens is 284 g/mol. The average molecular weight is 296 g/mol. The first-order valence-corrected chi connectivity index (χ1v) is 6.53. The van der Waals surface area contributed by atoms with Gasteiger partial charge >= 0.3 is 5.69 Å². The van der Waals surface area contributed by atoms with E-state index in [1.54, 1.807) is 54.3 Å². The highest BCUT2D eigenvalue weighted by atomic mass is 16.6. The maximum absolute atomic E-state index is 11.1. The number of nitro benzene ring substituents is 1. The highest BCUT2D eigenvalue weighted by Gasteiger charge is 2.16. The second kappa shape index (κ2) is 5.65. The third kappa shape index (κ3) is 2.78. The molecule has 0 unspecified atom stereocenters. The minimum Gasteiger partial charge on any atom is -0.450 e. The van der Waals surface area contributed by atoms with Crippen molar-refractivity contribution in [3.05, 3.63) is 70.5 Å². The van der Waals surface area contributed by atoms with Gasteiger partial charge in [-0.15, -0.1) is 5.10 Å². The van der Waals surface area contributed by atoms with E-state index < -0.39 is 4.92 Å². The number of rotatable bonds is 4. The van der Waals surface area contributed by atoms with Crippen LogP contribution in [0.25, 0.3) is 5.69 Å². The Morgan fingerprint density at radius 3 is 2.82 bits per heavy atom. The summed E-state index contributed by atoms with van der Waals surface area (Å²) in [4.78, 5) is 10.7. The highest BCUT2D eigenvalue weighted by Crippen LogP contribution is 2.32. The molecule has 0 N–H and O–H groups in total. The van der Waals surface area contributed by atoms with E-state index in [1.165, 1.54) is 6.07 Å². The molecule has 0 aliphatic heterocycles. The Balaban J connectivity index is 1.94. The van der Waals surface area contributed by atoms with Crippen LogP contribution in [0.4, 0.5) is 5.69 Å². The van der Waals surface area contributed by atoms with E-state index in [2.05, 4.69) is 10.3 Å². The summed E-state index contributed by atoms with van der Waals surface area (Å²) in [7, 11) is 0. The summed E-state index contributed by atoms with van der Waals surface area (Å²) >= 11 is 0.